The molecule has 0 radical (unpaired) electrons. The number of aryl methyl sites for hydroxylation is 1. The number of nitrogens with one attached hydrogen (secondary N) is 2. The Balaban J connectivity index is 1.74. The predicted octanol–water partition coefficient (Wildman–Crippen LogP) is 5.51. The number of fused-ring (bicyclic) bond motifs is 1. The van der Waals surface area contributed by atoms with Gasteiger partial charge in [0.15, 0.2) is 0 Å². The van der Waals surface area contributed by atoms with Gasteiger partial charge in [-0.1, -0.05) is 31.4 Å². The Morgan fingerprint density at radius 1 is 1.13 bits per heavy atom. The topological polar surface area (TPSA) is 87.5 Å². The second-order valence-electron chi connectivity index (χ2n) is 9.18. The molecular formula is C30H35N7O2. The highest BCUT2D eigenvalue weighted by molar-refractivity contribution is 6.02. The molecule has 0 saturated carbocycles. The van der Waals surface area contributed by atoms with Crippen molar-refractivity contribution in [1.29, 1.82) is 0 Å². The first-order valence-corrected chi connectivity index (χ1v) is 12.8. The first kappa shape index (κ1) is 27.4. The quantitative estimate of drug-likeness (QED) is 0.236. The van der Waals surface area contributed by atoms with Crippen LogP contribution < -0.4 is 20.3 Å². The van der Waals surface area contributed by atoms with Crippen LogP contribution in [-0.4, -0.2) is 59.6 Å². The zero-order valence-electron chi connectivity index (χ0n) is 22.9. The number of amides is 1. The van der Waals surface area contributed by atoms with Crippen molar-refractivity contribution in [3.05, 3.63) is 80.3 Å². The second kappa shape index (κ2) is 12.3. The fourth-order valence-corrected chi connectivity index (χ4v) is 4.38. The van der Waals surface area contributed by atoms with E-state index in [1.807, 2.05) is 43.3 Å². The highest BCUT2D eigenvalue weighted by Crippen LogP contribution is 2.39. The van der Waals surface area contributed by atoms with Gasteiger partial charge in [-0.2, -0.15) is 0 Å². The maximum absolute atomic E-state index is 12.3. The Labute approximate surface area is 229 Å². The lowest BCUT2D eigenvalue weighted by Gasteiger charge is -2.26. The molecule has 0 aliphatic heterocycles. The Kier molecular flexibility index (Phi) is 8.63. The molecule has 4 rings (SSSR count). The van der Waals surface area contributed by atoms with E-state index in [-0.39, 0.29) is 5.91 Å². The summed E-state index contributed by atoms with van der Waals surface area (Å²) < 4.78 is 7.94. The van der Waals surface area contributed by atoms with Crippen molar-refractivity contribution >= 4 is 39.8 Å². The van der Waals surface area contributed by atoms with E-state index >= 15 is 0 Å². The Morgan fingerprint density at radius 3 is 2.62 bits per heavy atom. The van der Waals surface area contributed by atoms with E-state index in [9.17, 15) is 4.79 Å². The monoisotopic (exact) mass is 525 g/mol. The smallest absolute Gasteiger partial charge is 0.247 e. The largest absolute Gasteiger partial charge is 0.494 e. The molecule has 0 unspecified atom stereocenters. The molecule has 0 spiro atoms. The SMILES string of the molecule is C=CC(=O)Nc1cc(Nc2nccc(-c3cn(CC)c4ccccc34)n2)c(OC)cc1N(C=C)CCN(C)C. The third kappa shape index (κ3) is 6.10. The molecule has 0 aliphatic carbocycles. The van der Waals surface area contributed by atoms with Crippen LogP contribution in [0.4, 0.5) is 23.0 Å². The zero-order valence-corrected chi connectivity index (χ0v) is 22.9. The summed E-state index contributed by atoms with van der Waals surface area (Å²) in [5, 5.41) is 7.32. The van der Waals surface area contributed by atoms with Gasteiger partial charge in [0, 0.05) is 54.6 Å². The van der Waals surface area contributed by atoms with Crippen molar-refractivity contribution in [3.63, 3.8) is 0 Å². The van der Waals surface area contributed by atoms with E-state index < -0.39 is 0 Å². The van der Waals surface area contributed by atoms with Gasteiger partial charge >= 0.3 is 0 Å². The molecule has 2 aromatic carbocycles. The molecule has 202 valence electrons. The van der Waals surface area contributed by atoms with Gasteiger partial charge < -0.3 is 29.7 Å². The second-order valence-corrected chi connectivity index (χ2v) is 9.18. The number of carbonyl (C=O) groups excluding carboxylic acids is 1. The zero-order chi connectivity index (χ0) is 27.9. The number of aromatic nitrogens is 3. The normalized spacial score (nSPS) is 10.9. The summed E-state index contributed by atoms with van der Waals surface area (Å²) in [5.74, 6) is 0.644. The highest BCUT2D eigenvalue weighted by atomic mass is 16.5. The van der Waals surface area contributed by atoms with Gasteiger partial charge in [0.2, 0.25) is 11.9 Å². The van der Waals surface area contributed by atoms with Gasteiger partial charge in [-0.3, -0.25) is 4.79 Å². The van der Waals surface area contributed by atoms with Crippen LogP contribution in [0, 0.1) is 0 Å². The molecule has 2 N–H and O–H groups in total. The molecule has 9 nitrogen and oxygen atoms in total. The van der Waals surface area contributed by atoms with Crippen molar-refractivity contribution in [3.8, 4) is 17.0 Å². The Bertz CT molecular complexity index is 1490. The first-order chi connectivity index (χ1) is 18.9. The molecular weight excluding hydrogens is 490 g/mol. The van der Waals surface area contributed by atoms with Crippen LogP contribution >= 0.6 is 0 Å². The van der Waals surface area contributed by atoms with Crippen LogP contribution in [0.1, 0.15) is 6.92 Å². The molecule has 9 heteroatoms. The highest BCUT2D eigenvalue weighted by Gasteiger charge is 2.18. The number of likely N-dealkylation sites (N-methyl/N-ethyl adjacent to an activating group) is 1. The molecule has 0 atom stereocenters. The van der Waals surface area contributed by atoms with E-state index in [1.165, 1.54) is 6.08 Å². The van der Waals surface area contributed by atoms with E-state index in [0.29, 0.717) is 29.6 Å². The number of nitrogens with zero attached hydrogens (tertiary/aromatic N) is 5. The third-order valence-electron chi connectivity index (χ3n) is 6.39. The summed E-state index contributed by atoms with van der Waals surface area (Å²) in [6.45, 7) is 12.0. The number of benzene rings is 2. The number of anilines is 4. The minimum absolute atomic E-state index is 0.324. The number of ether oxygens (including phenoxy) is 1. The summed E-state index contributed by atoms with van der Waals surface area (Å²) in [5.41, 5.74) is 4.90. The molecule has 2 aromatic heterocycles. The van der Waals surface area contributed by atoms with Gasteiger partial charge in [-0.15, -0.1) is 0 Å². The standard InChI is InChI=1S/C30H35N7O2/c1-7-29(38)32-24-18-25(28(39-6)19-27(24)36(8-2)17-16-35(4)5)34-30-31-15-14-23(33-30)22-20-37(9-3)26-13-11-10-12-21(22)26/h7-8,10-15,18-20H,1-2,9,16-17H2,3-6H3,(H,32,38)(H,31,33,34). The van der Waals surface area contributed by atoms with Gasteiger partial charge in [0.25, 0.3) is 0 Å². The molecule has 4 aromatic rings. The molecule has 2 heterocycles. The fourth-order valence-electron chi connectivity index (χ4n) is 4.38. The molecule has 1 amide bonds. The van der Waals surface area contributed by atoms with Crippen LogP contribution in [0.5, 0.6) is 5.75 Å². The molecule has 0 saturated heterocycles. The van der Waals surface area contributed by atoms with Gasteiger partial charge in [0.05, 0.1) is 29.9 Å². The molecule has 0 fully saturated rings. The lowest BCUT2D eigenvalue weighted by Crippen LogP contribution is -2.28. The molecule has 0 aliphatic rings. The average Bonchev–Trinajstić information content (AvgIpc) is 3.33. The van der Waals surface area contributed by atoms with Gasteiger partial charge in [-0.05, 0) is 51.5 Å². The van der Waals surface area contributed by atoms with Gasteiger partial charge in [-0.25, -0.2) is 9.97 Å². The maximum atomic E-state index is 12.3. The number of hydrogen-bond donors (Lipinski definition) is 2. The third-order valence-corrected chi connectivity index (χ3v) is 6.39. The van der Waals surface area contributed by atoms with Crippen molar-refractivity contribution in [2.24, 2.45) is 0 Å². The first-order valence-electron chi connectivity index (χ1n) is 12.8. The van der Waals surface area contributed by atoms with E-state index in [0.717, 1.165) is 40.9 Å². The minimum Gasteiger partial charge on any atom is -0.494 e. The van der Waals surface area contributed by atoms with Crippen LogP contribution in [0.2, 0.25) is 0 Å². The number of hydrogen-bond acceptors (Lipinski definition) is 7. The summed E-state index contributed by atoms with van der Waals surface area (Å²) in [4.78, 5) is 25.6. The lowest BCUT2D eigenvalue weighted by molar-refractivity contribution is -0.111. The Morgan fingerprint density at radius 2 is 1.92 bits per heavy atom. The summed E-state index contributed by atoms with van der Waals surface area (Å²) >= 11 is 0. The number of rotatable bonds is 12. The van der Waals surface area contributed by atoms with Crippen LogP contribution in [0.15, 0.2) is 80.3 Å². The number of methoxy groups -OCH3 is 1. The fraction of sp³-hybridized carbons (Fsp3) is 0.233. The van der Waals surface area contributed by atoms with Crippen molar-refractivity contribution < 1.29 is 9.53 Å². The van der Waals surface area contributed by atoms with E-state index in [4.69, 9.17) is 9.72 Å². The van der Waals surface area contributed by atoms with E-state index in [1.54, 1.807) is 25.6 Å². The predicted molar refractivity (Wildman–Crippen MR) is 160 cm³/mol. The van der Waals surface area contributed by atoms with Crippen molar-refractivity contribution in [1.82, 2.24) is 19.4 Å². The van der Waals surface area contributed by atoms with Crippen molar-refractivity contribution in [2.45, 2.75) is 13.5 Å². The Hall–Kier alpha value is -4.63. The number of para-hydroxylation sites is 1. The van der Waals surface area contributed by atoms with Crippen LogP contribution in [-0.2, 0) is 11.3 Å². The molecule has 0 bridgehead atoms. The maximum Gasteiger partial charge on any atom is 0.247 e. The van der Waals surface area contributed by atoms with Gasteiger partial charge in [0.1, 0.15) is 5.75 Å². The minimum atomic E-state index is -0.324. The summed E-state index contributed by atoms with van der Waals surface area (Å²) in [7, 11) is 5.61. The van der Waals surface area contributed by atoms with Crippen LogP contribution in [0.3, 0.4) is 0 Å². The van der Waals surface area contributed by atoms with E-state index in [2.05, 4.69) is 63.5 Å². The van der Waals surface area contributed by atoms with Crippen molar-refractivity contribution in [2.75, 3.05) is 49.8 Å². The number of carbonyl (C=O) groups is 1. The summed E-state index contributed by atoms with van der Waals surface area (Å²) in [6.07, 6.45) is 6.81. The van der Waals surface area contributed by atoms with Crippen LogP contribution in [0.25, 0.3) is 22.2 Å². The average molecular weight is 526 g/mol. The molecule has 39 heavy (non-hydrogen) atoms. The summed E-state index contributed by atoms with van der Waals surface area (Å²) in [6, 6.07) is 13.8. The lowest BCUT2D eigenvalue weighted by atomic mass is 10.1.